The molecular weight excluding hydrogens is 556 g/mol. The summed E-state index contributed by atoms with van der Waals surface area (Å²) in [5.74, 6) is -0.505. The number of hydrogen-bond donors (Lipinski definition) is 1. The molecule has 1 atom stereocenters. The molecule has 8 heteroatoms. The topological polar surface area (TPSA) is 66.5 Å². The molecule has 6 rings (SSSR count). The summed E-state index contributed by atoms with van der Waals surface area (Å²) in [5.41, 5.74) is 5.18. The van der Waals surface area contributed by atoms with E-state index in [-0.39, 0.29) is 10.9 Å². The summed E-state index contributed by atoms with van der Waals surface area (Å²) in [4.78, 5) is 9.37. The van der Waals surface area contributed by atoms with E-state index in [1.165, 1.54) is 56.0 Å². The van der Waals surface area contributed by atoms with Crippen LogP contribution in [0.3, 0.4) is 0 Å². The molecule has 0 amide bonds. The number of fused-ring (bicyclic) bond motifs is 1. The molecule has 206 valence electrons. The van der Waals surface area contributed by atoms with Gasteiger partial charge in [0.2, 0.25) is 0 Å². The maximum atomic E-state index is 13.8. The molecule has 0 saturated heterocycles. The third-order valence-corrected chi connectivity index (χ3v) is 8.49. The van der Waals surface area contributed by atoms with Gasteiger partial charge in [0, 0.05) is 35.4 Å². The van der Waals surface area contributed by atoms with Crippen LogP contribution in [0.4, 0.5) is 15.8 Å². The van der Waals surface area contributed by atoms with Crippen LogP contribution in [-0.2, 0) is 6.42 Å². The summed E-state index contributed by atoms with van der Waals surface area (Å²) in [5, 5.41) is 14.3. The molecule has 41 heavy (non-hydrogen) atoms. The van der Waals surface area contributed by atoms with Crippen LogP contribution in [0, 0.1) is 17.1 Å². The number of rotatable bonds is 7. The fourth-order valence-corrected chi connectivity index (χ4v) is 6.27. The zero-order chi connectivity index (χ0) is 28.3. The number of hydrogen-bond acceptors (Lipinski definition) is 4. The van der Waals surface area contributed by atoms with Crippen LogP contribution in [0.5, 0.6) is 0 Å². The van der Waals surface area contributed by atoms with E-state index in [0.717, 1.165) is 11.3 Å². The number of pyridine rings is 1. The van der Waals surface area contributed by atoms with Gasteiger partial charge in [-0.05, 0) is 60.7 Å². The van der Waals surface area contributed by atoms with Crippen molar-refractivity contribution in [3.8, 4) is 6.07 Å². The van der Waals surface area contributed by atoms with Gasteiger partial charge in [0.05, 0.1) is 38.8 Å². The van der Waals surface area contributed by atoms with E-state index in [2.05, 4.69) is 39.3 Å². The number of nitrogens with zero attached hydrogens (tertiary/aromatic N) is 4. The first kappa shape index (κ1) is 27.3. The van der Waals surface area contributed by atoms with Gasteiger partial charge in [-0.3, -0.25) is 4.98 Å². The van der Waals surface area contributed by atoms with E-state index < -0.39 is 5.82 Å². The lowest BCUT2D eigenvalue weighted by molar-refractivity contribution is 0.353. The van der Waals surface area contributed by atoms with E-state index in [0.29, 0.717) is 45.3 Å². The Morgan fingerprint density at radius 2 is 1.80 bits per heavy atom. The highest BCUT2D eigenvalue weighted by molar-refractivity contribution is 6.35. The summed E-state index contributed by atoms with van der Waals surface area (Å²) in [6.45, 7) is 0. The van der Waals surface area contributed by atoms with Crippen molar-refractivity contribution in [2.24, 2.45) is 0 Å². The highest BCUT2D eigenvalue weighted by Crippen LogP contribution is 2.37. The molecule has 1 saturated carbocycles. The van der Waals surface area contributed by atoms with Crippen LogP contribution in [0.2, 0.25) is 10.0 Å². The molecule has 0 bridgehead atoms. The second kappa shape index (κ2) is 11.9. The molecule has 1 unspecified atom stereocenters. The summed E-state index contributed by atoms with van der Waals surface area (Å²) < 4.78 is 16.1. The van der Waals surface area contributed by atoms with Gasteiger partial charge in [0.25, 0.3) is 0 Å². The number of nitriles is 1. The fourth-order valence-electron chi connectivity index (χ4n) is 5.80. The second-order valence-corrected chi connectivity index (χ2v) is 11.4. The Kier molecular flexibility index (Phi) is 7.91. The Balaban J connectivity index is 1.41. The number of imidazole rings is 1. The minimum absolute atomic E-state index is 0.00832. The SMILES string of the molecule is N#Cc1cnc2c(Cl)cc(CC(c3ccccc3)c3cn(C4CCCCC4)cn3)cc2c1Nc1ccc(F)c(Cl)c1. The van der Waals surface area contributed by atoms with E-state index in [4.69, 9.17) is 28.2 Å². The van der Waals surface area contributed by atoms with E-state index in [1.807, 2.05) is 36.7 Å². The molecule has 1 fully saturated rings. The molecular formula is C33H28Cl2FN5. The van der Waals surface area contributed by atoms with Crippen LogP contribution in [0.15, 0.2) is 79.4 Å². The third-order valence-electron chi connectivity index (χ3n) is 7.91. The quantitative estimate of drug-likeness (QED) is 0.207. The van der Waals surface area contributed by atoms with E-state index in [9.17, 15) is 9.65 Å². The first-order chi connectivity index (χ1) is 20.0. The molecule has 3 aromatic carbocycles. The van der Waals surface area contributed by atoms with Crippen molar-refractivity contribution in [2.75, 3.05) is 5.32 Å². The summed E-state index contributed by atoms with van der Waals surface area (Å²) in [6, 6.07) is 21.4. The highest BCUT2D eigenvalue weighted by Gasteiger charge is 2.22. The smallest absolute Gasteiger partial charge is 0.141 e. The number of nitrogens with one attached hydrogen (secondary N) is 1. The number of aromatic nitrogens is 3. The van der Waals surface area contributed by atoms with Gasteiger partial charge in [-0.25, -0.2) is 9.37 Å². The lowest BCUT2D eigenvalue weighted by Crippen LogP contribution is -2.11. The maximum Gasteiger partial charge on any atom is 0.141 e. The number of anilines is 2. The lowest BCUT2D eigenvalue weighted by Gasteiger charge is -2.23. The van der Waals surface area contributed by atoms with Gasteiger partial charge < -0.3 is 9.88 Å². The van der Waals surface area contributed by atoms with Gasteiger partial charge in [-0.1, -0.05) is 72.8 Å². The van der Waals surface area contributed by atoms with Crippen molar-refractivity contribution in [1.82, 2.24) is 14.5 Å². The Labute approximate surface area is 248 Å². The first-order valence-electron chi connectivity index (χ1n) is 13.8. The highest BCUT2D eigenvalue weighted by atomic mass is 35.5. The predicted octanol–water partition coefficient (Wildman–Crippen LogP) is 9.37. The lowest BCUT2D eigenvalue weighted by atomic mass is 9.89. The average Bonchev–Trinajstić information content (AvgIpc) is 3.49. The van der Waals surface area contributed by atoms with Crippen molar-refractivity contribution >= 4 is 45.5 Å². The minimum atomic E-state index is -0.513. The van der Waals surface area contributed by atoms with Gasteiger partial charge in [0.1, 0.15) is 11.9 Å². The van der Waals surface area contributed by atoms with Crippen LogP contribution in [-0.4, -0.2) is 14.5 Å². The van der Waals surface area contributed by atoms with Crippen molar-refractivity contribution in [3.05, 3.63) is 118 Å². The Morgan fingerprint density at radius 1 is 1.00 bits per heavy atom. The van der Waals surface area contributed by atoms with Gasteiger partial charge in [-0.2, -0.15) is 5.26 Å². The Hall–Kier alpha value is -3.92. The molecule has 1 aliphatic rings. The summed E-state index contributed by atoms with van der Waals surface area (Å²) in [7, 11) is 0. The van der Waals surface area contributed by atoms with Crippen LogP contribution < -0.4 is 5.32 Å². The van der Waals surface area contributed by atoms with Crippen LogP contribution in [0.1, 0.15) is 66.4 Å². The van der Waals surface area contributed by atoms with Crippen molar-refractivity contribution < 1.29 is 4.39 Å². The van der Waals surface area contributed by atoms with Crippen molar-refractivity contribution in [2.45, 2.75) is 50.5 Å². The van der Waals surface area contributed by atoms with E-state index in [1.54, 1.807) is 6.07 Å². The second-order valence-electron chi connectivity index (χ2n) is 10.6. The van der Waals surface area contributed by atoms with Gasteiger partial charge in [-0.15, -0.1) is 0 Å². The zero-order valence-electron chi connectivity index (χ0n) is 22.3. The third kappa shape index (κ3) is 5.79. The normalized spacial score (nSPS) is 14.6. The average molecular weight is 585 g/mol. The van der Waals surface area contributed by atoms with Gasteiger partial charge in [0.15, 0.2) is 0 Å². The summed E-state index contributed by atoms with van der Waals surface area (Å²) >= 11 is 12.8. The molecule has 1 N–H and O–H groups in total. The first-order valence-corrected chi connectivity index (χ1v) is 14.6. The minimum Gasteiger partial charge on any atom is -0.354 e. The zero-order valence-corrected chi connectivity index (χ0v) is 23.8. The molecule has 0 aliphatic heterocycles. The van der Waals surface area contributed by atoms with Gasteiger partial charge >= 0.3 is 0 Å². The molecule has 5 nitrogen and oxygen atoms in total. The fraction of sp³-hybridized carbons (Fsp3) is 0.242. The molecule has 1 aliphatic carbocycles. The van der Waals surface area contributed by atoms with Crippen molar-refractivity contribution in [3.63, 3.8) is 0 Å². The Bertz CT molecular complexity index is 1740. The molecule has 2 aromatic heterocycles. The summed E-state index contributed by atoms with van der Waals surface area (Å²) in [6.07, 6.45) is 12.5. The predicted molar refractivity (Wildman–Crippen MR) is 162 cm³/mol. The molecule has 0 spiro atoms. The van der Waals surface area contributed by atoms with Crippen LogP contribution >= 0.6 is 23.2 Å². The largest absolute Gasteiger partial charge is 0.354 e. The maximum absolute atomic E-state index is 13.8. The Morgan fingerprint density at radius 3 is 2.56 bits per heavy atom. The number of halogens is 3. The van der Waals surface area contributed by atoms with Crippen LogP contribution in [0.25, 0.3) is 10.9 Å². The van der Waals surface area contributed by atoms with E-state index >= 15 is 0 Å². The monoisotopic (exact) mass is 583 g/mol. The molecule has 5 aromatic rings. The molecule has 0 radical (unpaired) electrons. The van der Waals surface area contributed by atoms with Crippen molar-refractivity contribution in [1.29, 1.82) is 5.26 Å². The standard InChI is InChI=1S/C33H28Cl2FN5/c34-28-16-24(11-12-30(28)36)40-32-23(17-37)18-38-33-27(32)14-21(15-29(33)35)13-26(22-7-3-1-4-8-22)31-19-41(20-39-31)25-9-5-2-6-10-25/h1,3-4,7-8,11-12,14-16,18-20,25-26H,2,5-6,9-10,13H2,(H,38,40). The molecule has 2 heterocycles. The number of benzene rings is 3.